The van der Waals surface area contributed by atoms with E-state index in [1.165, 1.54) is 12.1 Å². The highest BCUT2D eigenvalue weighted by molar-refractivity contribution is 5.68. The number of para-hydroxylation sites is 1. The van der Waals surface area contributed by atoms with E-state index in [-0.39, 0.29) is 12.3 Å². The summed E-state index contributed by atoms with van der Waals surface area (Å²) in [6, 6.07) is 11.7. The van der Waals surface area contributed by atoms with Crippen molar-refractivity contribution in [3.63, 3.8) is 0 Å². The molecular weight excluding hydrogens is 259 g/mol. The number of halogens is 1. The van der Waals surface area contributed by atoms with Gasteiger partial charge in [0.15, 0.2) is 0 Å². The van der Waals surface area contributed by atoms with Gasteiger partial charge in [0.25, 0.3) is 0 Å². The lowest BCUT2D eigenvalue weighted by molar-refractivity contribution is -0.137. The van der Waals surface area contributed by atoms with Crippen LogP contribution in [0.25, 0.3) is 0 Å². The zero-order valence-electron chi connectivity index (χ0n) is 10.7. The average Bonchev–Trinajstić information content (AvgIpc) is 2.54. The van der Waals surface area contributed by atoms with Gasteiger partial charge in [-0.2, -0.15) is 0 Å². The second-order valence-corrected chi connectivity index (χ2v) is 4.89. The molecule has 0 aromatic heterocycles. The first-order chi connectivity index (χ1) is 9.63. The molecular formula is C16H13FO3. The Morgan fingerprint density at radius 1 is 1.25 bits per heavy atom. The fourth-order valence-electron chi connectivity index (χ4n) is 2.59. The molecule has 2 aromatic rings. The van der Waals surface area contributed by atoms with Gasteiger partial charge in [0, 0.05) is 12.0 Å². The van der Waals surface area contributed by atoms with Crippen LogP contribution in [0, 0.1) is 5.82 Å². The Morgan fingerprint density at radius 3 is 2.85 bits per heavy atom. The summed E-state index contributed by atoms with van der Waals surface area (Å²) in [5, 5.41) is 9.07. The van der Waals surface area contributed by atoms with Gasteiger partial charge in [-0.05, 0) is 29.7 Å². The number of hydrogen-bond donors (Lipinski definition) is 1. The smallest absolute Gasteiger partial charge is 0.303 e. The maximum atomic E-state index is 13.4. The van der Waals surface area contributed by atoms with Gasteiger partial charge in [0.05, 0.1) is 6.42 Å². The van der Waals surface area contributed by atoms with Gasteiger partial charge in [0.1, 0.15) is 17.3 Å². The molecule has 1 atom stereocenters. The maximum absolute atomic E-state index is 13.4. The number of carboxylic acid groups (broad SMARTS) is 1. The molecule has 1 heterocycles. The molecule has 2 aromatic carbocycles. The van der Waals surface area contributed by atoms with E-state index < -0.39 is 11.8 Å². The highest BCUT2D eigenvalue weighted by Crippen LogP contribution is 2.40. The summed E-state index contributed by atoms with van der Waals surface area (Å²) in [6.45, 7) is 0. The van der Waals surface area contributed by atoms with Crippen molar-refractivity contribution in [2.75, 3.05) is 0 Å². The SMILES string of the molecule is O=C(O)CC1Cc2ccccc2Oc2cc(F)ccc21. The van der Waals surface area contributed by atoms with E-state index >= 15 is 0 Å². The average molecular weight is 272 g/mol. The van der Waals surface area contributed by atoms with Crippen molar-refractivity contribution in [1.29, 1.82) is 0 Å². The van der Waals surface area contributed by atoms with Gasteiger partial charge in [-0.1, -0.05) is 24.3 Å². The molecule has 0 aliphatic carbocycles. The number of carbonyl (C=O) groups is 1. The molecule has 3 rings (SSSR count). The Kier molecular flexibility index (Phi) is 3.14. The van der Waals surface area contributed by atoms with Crippen molar-refractivity contribution in [2.45, 2.75) is 18.8 Å². The molecule has 102 valence electrons. The predicted molar refractivity (Wildman–Crippen MR) is 71.6 cm³/mol. The van der Waals surface area contributed by atoms with E-state index in [0.29, 0.717) is 17.9 Å². The minimum Gasteiger partial charge on any atom is -0.481 e. The van der Waals surface area contributed by atoms with Gasteiger partial charge in [-0.25, -0.2) is 4.39 Å². The second-order valence-electron chi connectivity index (χ2n) is 4.89. The number of benzene rings is 2. The molecule has 0 fully saturated rings. The molecule has 0 spiro atoms. The van der Waals surface area contributed by atoms with Crippen LogP contribution in [0.15, 0.2) is 42.5 Å². The van der Waals surface area contributed by atoms with Gasteiger partial charge in [0.2, 0.25) is 0 Å². The van der Waals surface area contributed by atoms with E-state index in [1.54, 1.807) is 6.07 Å². The van der Waals surface area contributed by atoms with Crippen LogP contribution in [0.4, 0.5) is 4.39 Å². The van der Waals surface area contributed by atoms with Gasteiger partial charge < -0.3 is 9.84 Å². The lowest BCUT2D eigenvalue weighted by Gasteiger charge is -2.14. The van der Waals surface area contributed by atoms with Crippen molar-refractivity contribution < 1.29 is 19.0 Å². The molecule has 0 saturated heterocycles. The molecule has 3 nitrogen and oxygen atoms in total. The van der Waals surface area contributed by atoms with Gasteiger partial charge in [-0.15, -0.1) is 0 Å². The lowest BCUT2D eigenvalue weighted by Crippen LogP contribution is -2.08. The summed E-state index contributed by atoms with van der Waals surface area (Å²) in [5.74, 6) is -0.415. The minimum atomic E-state index is -0.871. The molecule has 0 saturated carbocycles. The Bertz CT molecular complexity index is 667. The largest absolute Gasteiger partial charge is 0.481 e. The molecule has 20 heavy (non-hydrogen) atoms. The highest BCUT2D eigenvalue weighted by atomic mass is 19.1. The van der Waals surface area contributed by atoms with Gasteiger partial charge in [-0.3, -0.25) is 4.79 Å². The molecule has 0 bridgehead atoms. The molecule has 1 N–H and O–H groups in total. The van der Waals surface area contributed by atoms with E-state index in [4.69, 9.17) is 9.84 Å². The predicted octanol–water partition coefficient (Wildman–Crippen LogP) is 3.73. The first-order valence-corrected chi connectivity index (χ1v) is 6.40. The second kappa shape index (κ2) is 4.96. The summed E-state index contributed by atoms with van der Waals surface area (Å²) in [4.78, 5) is 11.1. The Balaban J connectivity index is 2.11. The quantitative estimate of drug-likeness (QED) is 0.906. The van der Waals surface area contributed by atoms with Crippen LogP contribution in [-0.2, 0) is 11.2 Å². The van der Waals surface area contributed by atoms with Crippen LogP contribution in [0.5, 0.6) is 11.5 Å². The number of aliphatic carboxylic acids is 1. The third-order valence-corrected chi connectivity index (χ3v) is 3.50. The van der Waals surface area contributed by atoms with Crippen molar-refractivity contribution >= 4 is 5.97 Å². The van der Waals surface area contributed by atoms with Crippen molar-refractivity contribution in [3.8, 4) is 11.5 Å². The van der Waals surface area contributed by atoms with E-state index in [9.17, 15) is 9.18 Å². The summed E-state index contributed by atoms with van der Waals surface area (Å²) in [7, 11) is 0. The third-order valence-electron chi connectivity index (χ3n) is 3.50. The molecule has 0 amide bonds. The monoisotopic (exact) mass is 272 g/mol. The van der Waals surface area contributed by atoms with Crippen LogP contribution in [-0.4, -0.2) is 11.1 Å². The highest BCUT2D eigenvalue weighted by Gasteiger charge is 2.25. The van der Waals surface area contributed by atoms with Crippen LogP contribution >= 0.6 is 0 Å². The van der Waals surface area contributed by atoms with Crippen LogP contribution in [0.1, 0.15) is 23.5 Å². The first kappa shape index (κ1) is 12.7. The number of hydrogen-bond acceptors (Lipinski definition) is 2. The lowest BCUT2D eigenvalue weighted by atomic mass is 9.89. The molecule has 1 aliphatic heterocycles. The van der Waals surface area contributed by atoms with E-state index in [1.807, 2.05) is 24.3 Å². The molecule has 1 aliphatic rings. The summed E-state index contributed by atoms with van der Waals surface area (Å²) < 4.78 is 19.2. The number of fused-ring (bicyclic) bond motifs is 2. The van der Waals surface area contributed by atoms with Gasteiger partial charge >= 0.3 is 5.97 Å². The van der Waals surface area contributed by atoms with E-state index in [2.05, 4.69) is 0 Å². The fourth-order valence-corrected chi connectivity index (χ4v) is 2.59. The molecule has 4 heteroatoms. The Hall–Kier alpha value is -2.36. The maximum Gasteiger partial charge on any atom is 0.303 e. The number of rotatable bonds is 2. The minimum absolute atomic E-state index is 0.00364. The first-order valence-electron chi connectivity index (χ1n) is 6.40. The summed E-state index contributed by atoms with van der Waals surface area (Å²) in [5.41, 5.74) is 1.68. The normalized spacial score (nSPS) is 16.6. The summed E-state index contributed by atoms with van der Waals surface area (Å²) >= 11 is 0. The van der Waals surface area contributed by atoms with E-state index in [0.717, 1.165) is 11.1 Å². The molecule has 1 unspecified atom stereocenters. The standard InChI is InChI=1S/C16H13FO3/c17-12-5-6-13-11(8-16(18)19)7-10-3-1-2-4-14(10)20-15(13)9-12/h1-6,9,11H,7-8H2,(H,18,19). The Morgan fingerprint density at radius 2 is 2.05 bits per heavy atom. The topological polar surface area (TPSA) is 46.5 Å². The van der Waals surface area contributed by atoms with Crippen LogP contribution in [0.3, 0.4) is 0 Å². The Labute approximate surface area is 115 Å². The van der Waals surface area contributed by atoms with Crippen molar-refractivity contribution in [3.05, 3.63) is 59.4 Å². The third kappa shape index (κ3) is 2.37. The van der Waals surface area contributed by atoms with Crippen molar-refractivity contribution in [2.24, 2.45) is 0 Å². The fraction of sp³-hybridized carbons (Fsp3) is 0.188. The summed E-state index contributed by atoms with van der Waals surface area (Å²) in [6.07, 6.45) is 0.567. The zero-order chi connectivity index (χ0) is 14.1. The number of ether oxygens (including phenoxy) is 1. The van der Waals surface area contributed by atoms with Crippen LogP contribution in [0.2, 0.25) is 0 Å². The number of carboxylic acids is 1. The van der Waals surface area contributed by atoms with Crippen LogP contribution < -0.4 is 4.74 Å². The zero-order valence-corrected chi connectivity index (χ0v) is 10.7. The molecule has 0 radical (unpaired) electrons. The van der Waals surface area contributed by atoms with Crippen molar-refractivity contribution in [1.82, 2.24) is 0 Å².